The van der Waals surface area contributed by atoms with E-state index in [0.29, 0.717) is 12.5 Å². The molecule has 2 rings (SSSR count). The van der Waals surface area contributed by atoms with Gasteiger partial charge in [0, 0.05) is 23.6 Å². The highest BCUT2D eigenvalue weighted by Gasteiger charge is 2.52. The fourth-order valence-electron chi connectivity index (χ4n) is 1.49. The van der Waals surface area contributed by atoms with Gasteiger partial charge in [0.25, 0.3) is 0 Å². The highest BCUT2D eigenvalue weighted by Crippen LogP contribution is 2.53. The first kappa shape index (κ1) is 7.25. The summed E-state index contributed by atoms with van der Waals surface area (Å²) < 4.78 is 0. The predicted molar refractivity (Wildman–Crippen MR) is 44.7 cm³/mol. The van der Waals surface area contributed by atoms with Crippen LogP contribution in [0.1, 0.15) is 18.4 Å². The molecule has 1 fully saturated rings. The van der Waals surface area contributed by atoms with Crippen LogP contribution < -0.4 is 0 Å². The molecular weight excluding hydrogens is 158 g/mol. The van der Waals surface area contributed by atoms with Gasteiger partial charge in [-0.15, -0.1) is 11.3 Å². The number of hydrogen-bond acceptors (Lipinski definition) is 3. The topological polar surface area (TPSA) is 33.1 Å². The number of nitrogens with zero attached hydrogens (tertiary/aromatic N) is 1. The Labute approximate surface area is 69.9 Å². The Kier molecular flexibility index (Phi) is 1.51. The molecular formula is C8H11NOS. The van der Waals surface area contributed by atoms with E-state index in [1.807, 2.05) is 11.6 Å². The summed E-state index contributed by atoms with van der Waals surface area (Å²) in [7, 11) is 0. The quantitative estimate of drug-likeness (QED) is 0.726. The minimum atomic E-state index is 0.197. The fourth-order valence-corrected chi connectivity index (χ4v) is 2.38. The summed E-state index contributed by atoms with van der Waals surface area (Å²) >= 11 is 1.69. The Balaban J connectivity index is 2.19. The highest BCUT2D eigenvalue weighted by molar-refractivity contribution is 7.09. The Bertz CT molecular complexity index is 247. The van der Waals surface area contributed by atoms with Crippen molar-refractivity contribution in [3.05, 3.63) is 16.6 Å². The third-order valence-corrected chi connectivity index (χ3v) is 3.61. The standard InChI is InChI=1S/C8H11NOS/c1-8(4-6(8)5-10)7-9-2-3-11-7/h2-3,6,10H,4-5H2,1H3. The number of hydrogen-bond donors (Lipinski definition) is 1. The van der Waals surface area contributed by atoms with Crippen LogP contribution in [0.3, 0.4) is 0 Å². The maximum atomic E-state index is 8.92. The number of aromatic nitrogens is 1. The van der Waals surface area contributed by atoms with Crippen molar-refractivity contribution in [2.75, 3.05) is 6.61 Å². The smallest absolute Gasteiger partial charge is 0.0987 e. The molecule has 3 heteroatoms. The third kappa shape index (κ3) is 0.993. The number of thiazole rings is 1. The number of rotatable bonds is 2. The van der Waals surface area contributed by atoms with Gasteiger partial charge in [0.1, 0.15) is 0 Å². The monoisotopic (exact) mass is 169 g/mol. The fraction of sp³-hybridized carbons (Fsp3) is 0.625. The maximum absolute atomic E-state index is 8.92. The van der Waals surface area contributed by atoms with E-state index < -0.39 is 0 Å². The molecule has 0 bridgehead atoms. The van der Waals surface area contributed by atoms with E-state index in [9.17, 15) is 0 Å². The molecule has 1 aromatic rings. The van der Waals surface area contributed by atoms with E-state index in [4.69, 9.17) is 5.11 Å². The van der Waals surface area contributed by atoms with Crippen molar-refractivity contribution in [3.8, 4) is 0 Å². The van der Waals surface area contributed by atoms with Gasteiger partial charge in [-0.25, -0.2) is 4.98 Å². The zero-order valence-corrected chi connectivity index (χ0v) is 7.27. The highest BCUT2D eigenvalue weighted by atomic mass is 32.1. The summed E-state index contributed by atoms with van der Waals surface area (Å²) in [5, 5.41) is 12.1. The number of aliphatic hydroxyl groups excluding tert-OH is 1. The summed E-state index contributed by atoms with van der Waals surface area (Å²) in [6.07, 6.45) is 2.93. The average molecular weight is 169 g/mol. The van der Waals surface area contributed by atoms with Crippen molar-refractivity contribution in [2.24, 2.45) is 5.92 Å². The third-order valence-electron chi connectivity index (χ3n) is 2.55. The van der Waals surface area contributed by atoms with Gasteiger partial charge in [-0.3, -0.25) is 0 Å². The Morgan fingerprint density at radius 1 is 1.91 bits per heavy atom. The van der Waals surface area contributed by atoms with E-state index in [2.05, 4.69) is 11.9 Å². The van der Waals surface area contributed by atoms with Gasteiger partial charge < -0.3 is 5.11 Å². The molecule has 1 saturated carbocycles. The van der Waals surface area contributed by atoms with E-state index >= 15 is 0 Å². The molecule has 11 heavy (non-hydrogen) atoms. The summed E-state index contributed by atoms with van der Waals surface area (Å²) in [6.45, 7) is 2.48. The number of aliphatic hydroxyl groups is 1. The zero-order chi connectivity index (χ0) is 7.90. The Morgan fingerprint density at radius 2 is 2.73 bits per heavy atom. The molecule has 1 aromatic heterocycles. The molecule has 1 aliphatic rings. The van der Waals surface area contributed by atoms with Crippen molar-refractivity contribution in [1.82, 2.24) is 4.98 Å². The van der Waals surface area contributed by atoms with Crippen LogP contribution >= 0.6 is 11.3 Å². The minimum absolute atomic E-state index is 0.197. The molecule has 0 amide bonds. The first-order valence-corrected chi connectivity index (χ1v) is 4.66. The van der Waals surface area contributed by atoms with Gasteiger partial charge >= 0.3 is 0 Å². The van der Waals surface area contributed by atoms with Crippen LogP contribution in [0.2, 0.25) is 0 Å². The first-order chi connectivity index (χ1) is 5.27. The van der Waals surface area contributed by atoms with Crippen LogP contribution in [-0.2, 0) is 5.41 Å². The molecule has 2 nitrogen and oxygen atoms in total. The summed E-state index contributed by atoms with van der Waals surface area (Å²) in [5.74, 6) is 0.452. The van der Waals surface area contributed by atoms with Crippen LogP contribution in [0.5, 0.6) is 0 Å². The molecule has 0 saturated heterocycles. The van der Waals surface area contributed by atoms with Gasteiger partial charge in [-0.2, -0.15) is 0 Å². The lowest BCUT2D eigenvalue weighted by atomic mass is 10.1. The van der Waals surface area contributed by atoms with E-state index in [-0.39, 0.29) is 5.41 Å². The molecule has 0 radical (unpaired) electrons. The molecule has 1 aliphatic carbocycles. The van der Waals surface area contributed by atoms with Crippen LogP contribution in [0.25, 0.3) is 0 Å². The van der Waals surface area contributed by atoms with Gasteiger partial charge in [0.15, 0.2) is 0 Å². The lowest BCUT2D eigenvalue weighted by Crippen LogP contribution is -2.05. The van der Waals surface area contributed by atoms with Crippen molar-refractivity contribution < 1.29 is 5.11 Å². The molecule has 2 atom stereocenters. The predicted octanol–water partition coefficient (Wildman–Crippen LogP) is 1.41. The van der Waals surface area contributed by atoms with Gasteiger partial charge in [0.2, 0.25) is 0 Å². The summed E-state index contributed by atoms with van der Waals surface area (Å²) in [4.78, 5) is 4.26. The second kappa shape index (κ2) is 2.29. The molecule has 0 aromatic carbocycles. The Hall–Kier alpha value is -0.410. The van der Waals surface area contributed by atoms with Crippen LogP contribution in [0.4, 0.5) is 0 Å². The van der Waals surface area contributed by atoms with Crippen LogP contribution in [0, 0.1) is 5.92 Å². The van der Waals surface area contributed by atoms with E-state index in [1.165, 1.54) is 5.01 Å². The van der Waals surface area contributed by atoms with E-state index in [0.717, 1.165) is 6.42 Å². The first-order valence-electron chi connectivity index (χ1n) is 3.78. The van der Waals surface area contributed by atoms with Crippen molar-refractivity contribution in [3.63, 3.8) is 0 Å². The second-order valence-corrected chi connectivity index (χ2v) is 4.23. The molecule has 0 spiro atoms. The molecule has 60 valence electrons. The van der Waals surface area contributed by atoms with Gasteiger partial charge in [-0.1, -0.05) is 6.92 Å². The van der Waals surface area contributed by atoms with Crippen LogP contribution in [-0.4, -0.2) is 16.7 Å². The summed E-state index contributed by atoms with van der Waals surface area (Å²) in [6, 6.07) is 0. The van der Waals surface area contributed by atoms with Gasteiger partial charge in [0.05, 0.1) is 5.01 Å². The normalized spacial score (nSPS) is 35.6. The van der Waals surface area contributed by atoms with Crippen molar-refractivity contribution >= 4 is 11.3 Å². The van der Waals surface area contributed by atoms with Crippen molar-refractivity contribution in [1.29, 1.82) is 0 Å². The van der Waals surface area contributed by atoms with Crippen LogP contribution in [0.15, 0.2) is 11.6 Å². The maximum Gasteiger partial charge on any atom is 0.0987 e. The van der Waals surface area contributed by atoms with E-state index in [1.54, 1.807) is 11.3 Å². The SMILES string of the molecule is CC1(c2nccs2)CC1CO. The molecule has 1 N–H and O–H groups in total. The summed E-state index contributed by atoms with van der Waals surface area (Å²) in [5.41, 5.74) is 0.197. The molecule has 0 aliphatic heterocycles. The van der Waals surface area contributed by atoms with Gasteiger partial charge in [-0.05, 0) is 12.3 Å². The second-order valence-electron chi connectivity index (χ2n) is 3.34. The lowest BCUT2D eigenvalue weighted by Gasteiger charge is -2.04. The molecule has 2 unspecified atom stereocenters. The minimum Gasteiger partial charge on any atom is -0.396 e. The van der Waals surface area contributed by atoms with Crippen molar-refractivity contribution in [2.45, 2.75) is 18.8 Å². The molecule has 1 heterocycles. The zero-order valence-electron chi connectivity index (χ0n) is 6.45. The Morgan fingerprint density at radius 3 is 3.18 bits per heavy atom. The lowest BCUT2D eigenvalue weighted by molar-refractivity contribution is 0.265. The average Bonchev–Trinajstić information content (AvgIpc) is 2.55. The largest absolute Gasteiger partial charge is 0.396 e.